The zero-order valence-electron chi connectivity index (χ0n) is 15.2. The van der Waals surface area contributed by atoms with Gasteiger partial charge in [-0.25, -0.2) is 0 Å². The highest BCUT2D eigenvalue weighted by Crippen LogP contribution is 2.24. The summed E-state index contributed by atoms with van der Waals surface area (Å²) < 4.78 is 59.4. The Kier molecular flexibility index (Phi) is 9.92. The van der Waals surface area contributed by atoms with Crippen LogP contribution < -0.4 is 4.90 Å². The summed E-state index contributed by atoms with van der Waals surface area (Å²) in [6, 6.07) is 8.38. The molecule has 13 heteroatoms. The van der Waals surface area contributed by atoms with E-state index in [9.17, 15) is 27.2 Å². The van der Waals surface area contributed by atoms with Crippen LogP contribution >= 0.6 is 0 Å². The fraction of sp³-hybridized carbons (Fsp3) is 0.500. The van der Waals surface area contributed by atoms with E-state index in [1.54, 1.807) is 43.4 Å². The van der Waals surface area contributed by atoms with Gasteiger partial charge in [0, 0.05) is 12.2 Å². The lowest BCUT2D eigenvalue weighted by Crippen LogP contribution is -2.40. The van der Waals surface area contributed by atoms with Gasteiger partial charge in [0.2, 0.25) is 14.5 Å². The molecule has 1 N–H and O–H groups in total. The maximum atomic E-state index is 12.6. The van der Waals surface area contributed by atoms with Crippen molar-refractivity contribution in [2.75, 3.05) is 11.4 Å². The minimum Gasteiger partial charge on any atom is -0.440 e. The van der Waals surface area contributed by atoms with Crippen molar-refractivity contribution in [3.63, 3.8) is 0 Å². The molecule has 0 aromatic heterocycles. The molecular formula is C14H24F3NO5Si4. The van der Waals surface area contributed by atoms with Crippen molar-refractivity contribution < 1.29 is 35.5 Å². The lowest BCUT2D eigenvalue weighted by Gasteiger charge is -2.26. The third-order valence-corrected chi connectivity index (χ3v) is 13.8. The molecule has 0 aliphatic carbocycles. The van der Waals surface area contributed by atoms with E-state index in [0.29, 0.717) is 12.1 Å². The van der Waals surface area contributed by atoms with E-state index in [4.69, 9.17) is 8.23 Å². The summed E-state index contributed by atoms with van der Waals surface area (Å²) in [5.74, 6) is -1.04. The van der Waals surface area contributed by atoms with E-state index in [-0.39, 0.29) is 12.6 Å². The lowest BCUT2D eigenvalue weighted by molar-refractivity contribution is -0.151. The molecule has 6 nitrogen and oxygen atoms in total. The van der Waals surface area contributed by atoms with E-state index in [2.05, 4.69) is 0 Å². The molecule has 1 aromatic rings. The van der Waals surface area contributed by atoms with Gasteiger partial charge in [0.25, 0.3) is 18.9 Å². The van der Waals surface area contributed by atoms with Crippen LogP contribution in [0, 0.1) is 0 Å². The molecular weight excluding hydrogens is 431 g/mol. The van der Waals surface area contributed by atoms with Gasteiger partial charge in [0.1, 0.15) is 6.42 Å². The van der Waals surface area contributed by atoms with Crippen LogP contribution in [0.4, 0.5) is 18.9 Å². The Balaban J connectivity index is 2.63. The third kappa shape index (κ3) is 10.2. The quantitative estimate of drug-likeness (QED) is 0.506. The van der Waals surface area contributed by atoms with Crippen LogP contribution in [0.2, 0.25) is 19.1 Å². The van der Waals surface area contributed by atoms with Crippen LogP contribution in [-0.2, 0) is 17.5 Å². The molecule has 1 aromatic carbocycles. The molecule has 27 heavy (non-hydrogen) atoms. The van der Waals surface area contributed by atoms with Crippen molar-refractivity contribution in [1.29, 1.82) is 0 Å². The Morgan fingerprint density at radius 3 is 2.56 bits per heavy atom. The van der Waals surface area contributed by atoms with Crippen LogP contribution in [0.1, 0.15) is 12.8 Å². The molecule has 1 rings (SSSR count). The number of carbonyl (C=O) groups excluding carboxylic acids is 1. The van der Waals surface area contributed by atoms with Crippen LogP contribution in [0.3, 0.4) is 0 Å². The second-order valence-corrected chi connectivity index (χ2v) is 17.1. The van der Waals surface area contributed by atoms with Gasteiger partial charge in [0.05, 0.1) is 0 Å². The summed E-state index contributed by atoms with van der Waals surface area (Å²) >= 11 is 0. The fourth-order valence-electron chi connectivity index (χ4n) is 2.22. The zero-order chi connectivity index (χ0) is 20.5. The molecule has 0 saturated carbocycles. The summed E-state index contributed by atoms with van der Waals surface area (Å²) in [4.78, 5) is 23.5. The Bertz CT molecular complexity index is 606. The minimum atomic E-state index is -4.58. The van der Waals surface area contributed by atoms with Crippen molar-refractivity contribution in [1.82, 2.24) is 0 Å². The van der Waals surface area contributed by atoms with Gasteiger partial charge < -0.3 is 22.4 Å². The fourth-order valence-corrected chi connectivity index (χ4v) is 8.10. The van der Waals surface area contributed by atoms with Crippen LogP contribution in [0.15, 0.2) is 30.3 Å². The maximum Gasteiger partial charge on any atom is 0.397 e. The van der Waals surface area contributed by atoms with Gasteiger partial charge in [-0.05, 0) is 37.7 Å². The molecule has 0 heterocycles. The first-order valence-corrected chi connectivity index (χ1v) is 16.9. The molecule has 0 saturated heterocycles. The number of halogens is 3. The number of benzene rings is 1. The molecule has 152 valence electrons. The molecule has 2 atom stereocenters. The first-order valence-electron chi connectivity index (χ1n) is 8.39. The highest BCUT2D eigenvalue weighted by molar-refractivity contribution is 7.03. The van der Waals surface area contributed by atoms with Gasteiger partial charge in [-0.3, -0.25) is 4.79 Å². The summed E-state index contributed by atoms with van der Waals surface area (Å²) in [6.45, 7) is 3.41. The standard InChI is InChI=1S/C14H24F3NO5Si4/c1-26(24-20)22-25-23-27(2,21)10-6-9-18(12-7-4-3-5-8-12)13(19)11-14(15,16)17/h3-5,7-8,21,24,26H,6,9-11,25H2,1-2H3. The van der Waals surface area contributed by atoms with Crippen molar-refractivity contribution >= 4 is 47.6 Å². The Hall–Kier alpha value is -0.972. The van der Waals surface area contributed by atoms with E-state index in [0.717, 1.165) is 4.90 Å². The van der Waals surface area contributed by atoms with Gasteiger partial charge in [-0.2, -0.15) is 13.2 Å². The first kappa shape index (κ1) is 24.1. The molecule has 0 bridgehead atoms. The molecule has 0 fully saturated rings. The number of para-hydroxylation sites is 1. The van der Waals surface area contributed by atoms with Crippen molar-refractivity contribution in [2.24, 2.45) is 0 Å². The zero-order valence-corrected chi connectivity index (χ0v) is 20.0. The third-order valence-electron chi connectivity index (χ3n) is 3.64. The Labute approximate surface area is 163 Å². The number of carbonyl (C=O) groups is 1. The number of alkyl halides is 3. The van der Waals surface area contributed by atoms with E-state index >= 15 is 0 Å². The maximum absolute atomic E-state index is 12.6. The molecule has 2 unspecified atom stereocenters. The SMILES string of the molecule is C[SiH](O[SiH2]O[Si](C)(O)CCCN(C(=O)CC(F)(F)F)c1ccccc1)[SiH]=O. The van der Waals surface area contributed by atoms with Crippen LogP contribution in [-0.4, -0.2) is 59.5 Å². The van der Waals surface area contributed by atoms with E-state index < -0.39 is 54.6 Å². The summed E-state index contributed by atoms with van der Waals surface area (Å²) in [5.41, 5.74) is 0.380. The largest absolute Gasteiger partial charge is 0.440 e. The lowest BCUT2D eigenvalue weighted by atomic mass is 10.2. The molecule has 0 radical (unpaired) electrons. The number of hydrogen-bond donors (Lipinski definition) is 1. The van der Waals surface area contributed by atoms with Crippen LogP contribution in [0.25, 0.3) is 0 Å². The van der Waals surface area contributed by atoms with Crippen molar-refractivity contribution in [2.45, 2.75) is 38.2 Å². The predicted octanol–water partition coefficient (Wildman–Crippen LogP) is 1.09. The summed E-state index contributed by atoms with van der Waals surface area (Å²) in [6.07, 6.45) is -5.82. The number of anilines is 1. The monoisotopic (exact) mass is 455 g/mol. The topological polar surface area (TPSA) is 76.1 Å². The average Bonchev–Trinajstić information content (AvgIpc) is 2.57. The first-order chi connectivity index (χ1) is 12.5. The summed E-state index contributed by atoms with van der Waals surface area (Å²) in [5, 5.41) is 0. The number of hydrogen-bond acceptors (Lipinski definition) is 5. The number of nitrogens with zero attached hydrogens (tertiary/aromatic N) is 1. The van der Waals surface area contributed by atoms with Crippen molar-refractivity contribution in [3.8, 4) is 0 Å². The van der Waals surface area contributed by atoms with Crippen LogP contribution in [0.5, 0.6) is 0 Å². The minimum absolute atomic E-state index is 0.0453. The van der Waals surface area contributed by atoms with Gasteiger partial charge >= 0.3 is 14.7 Å². The highest BCUT2D eigenvalue weighted by atomic mass is 29.2. The smallest absolute Gasteiger partial charge is 0.397 e. The Morgan fingerprint density at radius 2 is 2.00 bits per heavy atom. The van der Waals surface area contributed by atoms with E-state index in [1.165, 1.54) is 0 Å². The molecule has 0 aliphatic rings. The van der Waals surface area contributed by atoms with Gasteiger partial charge in [-0.1, -0.05) is 18.2 Å². The summed E-state index contributed by atoms with van der Waals surface area (Å²) in [7, 11) is -7.06. The Morgan fingerprint density at radius 1 is 1.37 bits per heavy atom. The predicted molar refractivity (Wildman–Crippen MR) is 104 cm³/mol. The molecule has 0 spiro atoms. The number of rotatable bonds is 11. The van der Waals surface area contributed by atoms with Gasteiger partial charge in [0.15, 0.2) is 0 Å². The second kappa shape index (κ2) is 11.1. The van der Waals surface area contributed by atoms with E-state index in [1.807, 2.05) is 0 Å². The second-order valence-electron chi connectivity index (χ2n) is 6.22. The number of amides is 1. The van der Waals surface area contributed by atoms with Crippen molar-refractivity contribution in [3.05, 3.63) is 30.3 Å². The molecule has 1 amide bonds. The highest BCUT2D eigenvalue weighted by Gasteiger charge is 2.34. The average molecular weight is 456 g/mol. The van der Waals surface area contributed by atoms with Gasteiger partial charge in [-0.15, -0.1) is 0 Å². The normalized spacial score (nSPS) is 15.5. The molecule has 0 aliphatic heterocycles.